The van der Waals surface area contributed by atoms with E-state index in [1.165, 1.54) is 22.7 Å². The normalized spacial score (nSPS) is 14.6. The summed E-state index contributed by atoms with van der Waals surface area (Å²) in [5.41, 5.74) is 1.35. The molecule has 0 unspecified atom stereocenters. The number of carbonyl (C=O) groups is 2. The lowest BCUT2D eigenvalue weighted by atomic mass is 10.2. The molecule has 0 bridgehead atoms. The number of amides is 2. The third-order valence-electron chi connectivity index (χ3n) is 4.02. The van der Waals surface area contributed by atoms with Crippen molar-refractivity contribution in [2.45, 2.75) is 0 Å². The quantitative estimate of drug-likeness (QED) is 0.741. The van der Waals surface area contributed by atoms with Crippen LogP contribution in [0.4, 0.5) is 5.00 Å². The number of hydrogen-bond donors (Lipinski definition) is 2. The van der Waals surface area contributed by atoms with Gasteiger partial charge in [-0.2, -0.15) is 0 Å². The minimum atomic E-state index is -0.280. The van der Waals surface area contributed by atoms with Crippen LogP contribution in [0.2, 0.25) is 0 Å². The van der Waals surface area contributed by atoms with E-state index in [2.05, 4.69) is 15.6 Å². The summed E-state index contributed by atoms with van der Waals surface area (Å²) in [7, 11) is 0. The number of thiophene rings is 1. The van der Waals surface area contributed by atoms with Crippen molar-refractivity contribution in [3.05, 3.63) is 46.3 Å². The van der Waals surface area contributed by atoms with Gasteiger partial charge >= 0.3 is 0 Å². The first-order valence-corrected chi connectivity index (χ1v) is 9.66. The number of para-hydroxylation sites is 1. The van der Waals surface area contributed by atoms with Gasteiger partial charge in [0, 0.05) is 26.2 Å². The molecule has 1 aliphatic heterocycles. The first-order valence-electron chi connectivity index (χ1n) is 7.97. The van der Waals surface area contributed by atoms with Gasteiger partial charge in [0.1, 0.15) is 5.00 Å². The zero-order chi connectivity index (χ0) is 17.2. The van der Waals surface area contributed by atoms with Gasteiger partial charge in [-0.1, -0.05) is 12.1 Å². The van der Waals surface area contributed by atoms with Gasteiger partial charge in [-0.15, -0.1) is 22.7 Å². The molecular formula is C17H16N4O2S2. The maximum absolute atomic E-state index is 12.7. The first-order chi connectivity index (χ1) is 12.2. The second-order valence-corrected chi connectivity index (χ2v) is 7.59. The molecule has 4 rings (SSSR count). The van der Waals surface area contributed by atoms with E-state index in [-0.39, 0.29) is 11.8 Å². The summed E-state index contributed by atoms with van der Waals surface area (Å²) in [5, 5.41) is 8.88. The van der Waals surface area contributed by atoms with Gasteiger partial charge in [0.2, 0.25) is 0 Å². The number of aromatic nitrogens is 1. The molecule has 0 atom stereocenters. The predicted octanol–water partition coefficient (Wildman–Crippen LogP) is 2.66. The number of piperazine rings is 1. The third-order valence-corrected chi connectivity index (χ3v) is 5.88. The van der Waals surface area contributed by atoms with E-state index in [4.69, 9.17) is 0 Å². The molecule has 3 aromatic rings. The lowest BCUT2D eigenvalue weighted by Crippen LogP contribution is -2.46. The van der Waals surface area contributed by atoms with Crippen LogP contribution < -0.4 is 10.6 Å². The largest absolute Gasteiger partial charge is 0.336 e. The van der Waals surface area contributed by atoms with Crippen LogP contribution in [-0.4, -0.2) is 47.9 Å². The summed E-state index contributed by atoms with van der Waals surface area (Å²) >= 11 is 2.70. The lowest BCUT2D eigenvalue weighted by Gasteiger charge is -2.27. The molecule has 0 spiro atoms. The highest BCUT2D eigenvalue weighted by Crippen LogP contribution is 2.27. The predicted molar refractivity (Wildman–Crippen MR) is 101 cm³/mol. The van der Waals surface area contributed by atoms with Crippen LogP contribution in [0.15, 0.2) is 35.7 Å². The van der Waals surface area contributed by atoms with Crippen LogP contribution in [0.3, 0.4) is 0 Å². The number of nitrogens with zero attached hydrogens (tertiary/aromatic N) is 2. The van der Waals surface area contributed by atoms with E-state index in [1.54, 1.807) is 6.07 Å². The number of benzene rings is 1. The van der Waals surface area contributed by atoms with Crippen LogP contribution in [0, 0.1) is 0 Å². The number of hydrogen-bond acceptors (Lipinski definition) is 6. The van der Waals surface area contributed by atoms with Gasteiger partial charge in [0.05, 0.1) is 15.8 Å². The molecule has 128 valence electrons. The van der Waals surface area contributed by atoms with Crippen LogP contribution in [0.5, 0.6) is 0 Å². The smallest absolute Gasteiger partial charge is 0.285 e. The Morgan fingerprint density at radius 1 is 1.16 bits per heavy atom. The minimum absolute atomic E-state index is 0.0395. The molecule has 1 saturated heterocycles. The Kier molecular flexibility index (Phi) is 4.48. The van der Waals surface area contributed by atoms with Crippen LogP contribution in [-0.2, 0) is 0 Å². The fourth-order valence-corrected chi connectivity index (χ4v) is 4.37. The Hall–Kier alpha value is -2.29. The summed E-state index contributed by atoms with van der Waals surface area (Å²) in [5.74, 6) is -0.319. The number of anilines is 1. The molecule has 1 fully saturated rings. The highest BCUT2D eigenvalue weighted by atomic mass is 32.1. The molecule has 2 aromatic heterocycles. The molecule has 6 nitrogen and oxygen atoms in total. The maximum Gasteiger partial charge on any atom is 0.285 e. The molecule has 0 aliphatic carbocycles. The molecule has 1 aliphatic rings. The van der Waals surface area contributed by atoms with E-state index in [0.717, 1.165) is 23.3 Å². The molecule has 25 heavy (non-hydrogen) atoms. The molecule has 3 heterocycles. The number of thiazole rings is 1. The fourth-order valence-electron chi connectivity index (χ4n) is 2.74. The minimum Gasteiger partial charge on any atom is -0.336 e. The molecular weight excluding hydrogens is 356 g/mol. The van der Waals surface area contributed by atoms with Crippen molar-refractivity contribution >= 4 is 49.7 Å². The van der Waals surface area contributed by atoms with Gasteiger partial charge in [-0.05, 0) is 23.6 Å². The van der Waals surface area contributed by atoms with Crippen molar-refractivity contribution in [2.75, 3.05) is 31.5 Å². The van der Waals surface area contributed by atoms with E-state index in [9.17, 15) is 9.59 Å². The topological polar surface area (TPSA) is 74.3 Å². The van der Waals surface area contributed by atoms with Gasteiger partial charge < -0.3 is 15.5 Å². The molecule has 8 heteroatoms. The highest BCUT2D eigenvalue weighted by Gasteiger charge is 2.23. The van der Waals surface area contributed by atoms with Crippen molar-refractivity contribution in [1.82, 2.24) is 15.2 Å². The number of nitrogens with one attached hydrogen (secondary N) is 2. The van der Waals surface area contributed by atoms with Crippen LogP contribution in [0.1, 0.15) is 20.2 Å². The van der Waals surface area contributed by atoms with Crippen LogP contribution >= 0.6 is 22.7 Å². The average molecular weight is 372 g/mol. The van der Waals surface area contributed by atoms with E-state index in [1.807, 2.05) is 34.5 Å². The molecule has 2 N–H and O–H groups in total. The number of carbonyl (C=O) groups excluding carboxylic acids is 2. The first kappa shape index (κ1) is 16.2. The molecule has 2 amide bonds. The monoisotopic (exact) mass is 372 g/mol. The summed E-state index contributed by atoms with van der Waals surface area (Å²) in [6.45, 7) is 2.95. The van der Waals surface area contributed by atoms with Crippen molar-refractivity contribution in [3.63, 3.8) is 0 Å². The van der Waals surface area contributed by atoms with Crippen molar-refractivity contribution < 1.29 is 9.59 Å². The van der Waals surface area contributed by atoms with Gasteiger partial charge in [0.15, 0.2) is 5.01 Å². The van der Waals surface area contributed by atoms with Gasteiger partial charge in [-0.25, -0.2) is 4.98 Å². The molecule has 1 aromatic carbocycles. The second-order valence-electron chi connectivity index (χ2n) is 5.65. The van der Waals surface area contributed by atoms with E-state index >= 15 is 0 Å². The second kappa shape index (κ2) is 6.91. The van der Waals surface area contributed by atoms with Crippen molar-refractivity contribution in [2.24, 2.45) is 0 Å². The molecule has 0 saturated carbocycles. The maximum atomic E-state index is 12.7. The van der Waals surface area contributed by atoms with Gasteiger partial charge in [0.25, 0.3) is 11.8 Å². The number of rotatable bonds is 3. The average Bonchev–Trinajstić information content (AvgIpc) is 3.28. The summed E-state index contributed by atoms with van der Waals surface area (Å²) in [6, 6.07) is 9.41. The Balaban J connectivity index is 1.54. The van der Waals surface area contributed by atoms with Crippen molar-refractivity contribution in [1.29, 1.82) is 0 Å². The summed E-state index contributed by atoms with van der Waals surface area (Å²) in [6.07, 6.45) is 0. The highest BCUT2D eigenvalue weighted by molar-refractivity contribution is 7.20. The fraction of sp³-hybridized carbons (Fsp3) is 0.235. The SMILES string of the molecule is O=C(Nc1sccc1C(=O)N1CCNCC1)c1nc2ccccc2s1. The summed E-state index contributed by atoms with van der Waals surface area (Å²) < 4.78 is 0.968. The Morgan fingerprint density at radius 2 is 1.96 bits per heavy atom. The summed E-state index contributed by atoms with van der Waals surface area (Å²) in [4.78, 5) is 31.4. The molecule has 0 radical (unpaired) electrons. The van der Waals surface area contributed by atoms with Gasteiger partial charge in [-0.3, -0.25) is 9.59 Å². The Morgan fingerprint density at radius 3 is 2.76 bits per heavy atom. The third kappa shape index (κ3) is 3.28. The van der Waals surface area contributed by atoms with E-state index < -0.39 is 0 Å². The zero-order valence-electron chi connectivity index (χ0n) is 13.3. The Bertz CT molecular complexity index is 895. The van der Waals surface area contributed by atoms with Crippen LogP contribution in [0.25, 0.3) is 10.2 Å². The van der Waals surface area contributed by atoms with Crippen molar-refractivity contribution in [3.8, 4) is 0 Å². The standard InChI is InChI=1S/C17H16N4O2S2/c22-14(16-19-12-3-1-2-4-13(12)25-16)20-15-11(5-10-24-15)17(23)21-8-6-18-7-9-21/h1-5,10,18H,6-9H2,(H,20,22). The van der Waals surface area contributed by atoms with E-state index in [0.29, 0.717) is 28.7 Å². The Labute approximate surface area is 152 Å². The number of fused-ring (bicyclic) bond motifs is 1. The zero-order valence-corrected chi connectivity index (χ0v) is 15.0. The lowest BCUT2D eigenvalue weighted by molar-refractivity contribution is 0.0737.